The lowest BCUT2D eigenvalue weighted by molar-refractivity contribution is 0.0947. The van der Waals surface area contributed by atoms with E-state index in [-0.39, 0.29) is 21.8 Å². The van der Waals surface area contributed by atoms with Crippen molar-refractivity contribution < 1.29 is 9.59 Å². The Morgan fingerprint density at radius 2 is 1.72 bits per heavy atom. The first kappa shape index (κ1) is 17.5. The molecule has 1 aliphatic rings. The molecule has 1 fully saturated rings. The van der Waals surface area contributed by atoms with E-state index in [1.54, 1.807) is 0 Å². The zero-order valence-corrected chi connectivity index (χ0v) is 14.9. The van der Waals surface area contributed by atoms with Gasteiger partial charge in [-0.15, -0.1) is 10.2 Å². The van der Waals surface area contributed by atoms with Crippen LogP contribution in [0.3, 0.4) is 0 Å². The highest BCUT2D eigenvalue weighted by atomic mass is 32.1. The van der Waals surface area contributed by atoms with Crippen LogP contribution in [0.15, 0.2) is 24.3 Å². The number of carbonyl (C=O) groups is 2. The molecule has 2 aromatic rings. The number of likely N-dealkylation sites (tertiary alicyclic amines) is 1. The number of amides is 2. The molecular formula is C17H21N5O2S. The van der Waals surface area contributed by atoms with Gasteiger partial charge in [-0.2, -0.15) is 0 Å². The summed E-state index contributed by atoms with van der Waals surface area (Å²) in [7, 11) is 0. The molecule has 0 saturated carbocycles. The first-order valence-electron chi connectivity index (χ1n) is 8.34. The number of anilines is 1. The Balaban J connectivity index is 1.51. The van der Waals surface area contributed by atoms with E-state index in [0.29, 0.717) is 12.2 Å². The van der Waals surface area contributed by atoms with Crippen molar-refractivity contribution in [3.63, 3.8) is 0 Å². The second kappa shape index (κ2) is 8.17. The standard InChI is InChI=1S/C17H21N5O2S/c1-12-4-6-13(7-5-12)19-15(24)17-21-20-16(25-17)14(23)18-8-11-22-9-2-3-10-22/h4-7H,2-3,8-11H2,1H3,(H,18,23)(H,19,24). The van der Waals surface area contributed by atoms with Gasteiger partial charge < -0.3 is 15.5 Å². The molecule has 3 rings (SSSR count). The van der Waals surface area contributed by atoms with Gasteiger partial charge in [0.25, 0.3) is 11.8 Å². The smallest absolute Gasteiger partial charge is 0.286 e. The van der Waals surface area contributed by atoms with Crippen molar-refractivity contribution in [2.75, 3.05) is 31.5 Å². The molecule has 2 amide bonds. The summed E-state index contributed by atoms with van der Waals surface area (Å²) in [6.45, 7) is 5.58. The van der Waals surface area contributed by atoms with E-state index in [1.807, 2.05) is 31.2 Å². The average Bonchev–Trinajstić information content (AvgIpc) is 3.28. The maximum Gasteiger partial charge on any atom is 0.286 e. The number of carbonyl (C=O) groups excluding carboxylic acids is 2. The normalized spacial score (nSPS) is 14.4. The monoisotopic (exact) mass is 359 g/mol. The van der Waals surface area contributed by atoms with Crippen LogP contribution < -0.4 is 10.6 Å². The maximum atomic E-state index is 12.2. The van der Waals surface area contributed by atoms with E-state index in [1.165, 1.54) is 12.8 Å². The molecule has 2 heterocycles. The van der Waals surface area contributed by atoms with E-state index in [4.69, 9.17) is 0 Å². The van der Waals surface area contributed by atoms with Crippen molar-refractivity contribution in [2.24, 2.45) is 0 Å². The highest BCUT2D eigenvalue weighted by Crippen LogP contribution is 2.14. The quantitative estimate of drug-likeness (QED) is 0.823. The fraction of sp³-hybridized carbons (Fsp3) is 0.412. The SMILES string of the molecule is Cc1ccc(NC(=O)c2nnc(C(=O)NCCN3CCCC3)s2)cc1. The molecule has 1 saturated heterocycles. The molecule has 7 nitrogen and oxygen atoms in total. The van der Waals surface area contributed by atoms with Crippen LogP contribution in [0.4, 0.5) is 5.69 Å². The van der Waals surface area contributed by atoms with E-state index >= 15 is 0 Å². The Labute approximate surface area is 150 Å². The van der Waals surface area contributed by atoms with Gasteiger partial charge in [-0.1, -0.05) is 29.0 Å². The Bertz CT molecular complexity index is 738. The molecule has 0 radical (unpaired) electrons. The van der Waals surface area contributed by atoms with Crippen LogP contribution in [0.2, 0.25) is 0 Å². The molecule has 2 N–H and O–H groups in total. The third kappa shape index (κ3) is 4.83. The molecule has 0 aliphatic carbocycles. The van der Waals surface area contributed by atoms with Crippen molar-refractivity contribution in [3.05, 3.63) is 39.8 Å². The molecule has 0 spiro atoms. The summed E-state index contributed by atoms with van der Waals surface area (Å²) in [5.74, 6) is -0.649. The van der Waals surface area contributed by atoms with Crippen LogP contribution >= 0.6 is 11.3 Å². The average molecular weight is 359 g/mol. The van der Waals surface area contributed by atoms with Crippen LogP contribution in [-0.4, -0.2) is 53.1 Å². The minimum Gasteiger partial charge on any atom is -0.349 e. The largest absolute Gasteiger partial charge is 0.349 e. The van der Waals surface area contributed by atoms with Gasteiger partial charge in [0, 0.05) is 18.8 Å². The lowest BCUT2D eigenvalue weighted by Gasteiger charge is -2.13. The second-order valence-electron chi connectivity index (χ2n) is 6.04. The van der Waals surface area contributed by atoms with Gasteiger partial charge in [-0.3, -0.25) is 9.59 Å². The lowest BCUT2D eigenvalue weighted by atomic mass is 10.2. The van der Waals surface area contributed by atoms with Gasteiger partial charge in [0.15, 0.2) is 0 Å². The number of hydrogen-bond acceptors (Lipinski definition) is 6. The van der Waals surface area contributed by atoms with Crippen molar-refractivity contribution >= 4 is 28.8 Å². The summed E-state index contributed by atoms with van der Waals surface area (Å²) in [6.07, 6.45) is 2.45. The zero-order valence-electron chi connectivity index (χ0n) is 14.1. The maximum absolute atomic E-state index is 12.2. The third-order valence-electron chi connectivity index (χ3n) is 4.04. The minimum atomic E-state index is -0.363. The first-order chi connectivity index (χ1) is 12.1. The second-order valence-corrected chi connectivity index (χ2v) is 7.01. The van der Waals surface area contributed by atoms with Gasteiger partial charge in [0.2, 0.25) is 10.0 Å². The highest BCUT2D eigenvalue weighted by molar-refractivity contribution is 7.15. The van der Waals surface area contributed by atoms with Crippen LogP contribution in [0.5, 0.6) is 0 Å². The minimum absolute atomic E-state index is 0.172. The number of nitrogens with one attached hydrogen (secondary N) is 2. The predicted octanol–water partition coefficient (Wildman–Crippen LogP) is 1.92. The Hall–Kier alpha value is -2.32. The molecule has 1 aliphatic heterocycles. The van der Waals surface area contributed by atoms with Crippen LogP contribution in [-0.2, 0) is 0 Å². The van der Waals surface area contributed by atoms with E-state index < -0.39 is 0 Å². The predicted molar refractivity (Wildman–Crippen MR) is 97.0 cm³/mol. The van der Waals surface area contributed by atoms with Gasteiger partial charge in [-0.25, -0.2) is 0 Å². The molecule has 1 aromatic carbocycles. The highest BCUT2D eigenvalue weighted by Gasteiger charge is 2.18. The molecule has 0 atom stereocenters. The molecule has 25 heavy (non-hydrogen) atoms. The van der Waals surface area contributed by atoms with Crippen molar-refractivity contribution in [2.45, 2.75) is 19.8 Å². The number of rotatable bonds is 6. The number of hydrogen-bond donors (Lipinski definition) is 2. The number of aryl methyl sites for hydroxylation is 1. The van der Waals surface area contributed by atoms with Crippen molar-refractivity contribution in [1.29, 1.82) is 0 Å². The fourth-order valence-electron chi connectivity index (χ4n) is 2.64. The Kier molecular flexibility index (Phi) is 5.72. The van der Waals surface area contributed by atoms with Gasteiger partial charge in [0.05, 0.1) is 0 Å². The van der Waals surface area contributed by atoms with Gasteiger partial charge in [0.1, 0.15) is 0 Å². The van der Waals surface area contributed by atoms with E-state index in [9.17, 15) is 9.59 Å². The van der Waals surface area contributed by atoms with Crippen LogP contribution in [0.25, 0.3) is 0 Å². The van der Waals surface area contributed by atoms with Crippen LogP contribution in [0.1, 0.15) is 38.0 Å². The summed E-state index contributed by atoms with van der Waals surface area (Å²) < 4.78 is 0. The van der Waals surface area contributed by atoms with Gasteiger partial charge >= 0.3 is 0 Å². The lowest BCUT2D eigenvalue weighted by Crippen LogP contribution is -2.33. The summed E-state index contributed by atoms with van der Waals surface area (Å²) in [5.41, 5.74) is 1.80. The number of benzene rings is 1. The summed E-state index contributed by atoms with van der Waals surface area (Å²) in [5, 5.41) is 13.6. The molecular weight excluding hydrogens is 338 g/mol. The molecule has 132 valence electrons. The summed E-state index contributed by atoms with van der Waals surface area (Å²) >= 11 is 0.994. The van der Waals surface area contributed by atoms with Gasteiger partial charge in [-0.05, 0) is 45.0 Å². The van der Waals surface area contributed by atoms with Crippen LogP contribution in [0, 0.1) is 6.92 Å². The molecule has 0 unspecified atom stereocenters. The molecule has 8 heteroatoms. The van der Waals surface area contributed by atoms with Crippen molar-refractivity contribution in [3.8, 4) is 0 Å². The first-order valence-corrected chi connectivity index (χ1v) is 9.15. The molecule has 0 bridgehead atoms. The number of nitrogens with zero attached hydrogens (tertiary/aromatic N) is 3. The Morgan fingerprint density at radius 1 is 1.08 bits per heavy atom. The fourth-order valence-corrected chi connectivity index (χ4v) is 3.29. The number of aromatic nitrogens is 2. The topological polar surface area (TPSA) is 87.2 Å². The molecule has 1 aromatic heterocycles. The Morgan fingerprint density at radius 3 is 2.40 bits per heavy atom. The summed E-state index contributed by atoms with van der Waals surface area (Å²) in [4.78, 5) is 26.6. The van der Waals surface area contributed by atoms with E-state index in [0.717, 1.165) is 36.5 Å². The van der Waals surface area contributed by atoms with E-state index in [2.05, 4.69) is 25.7 Å². The third-order valence-corrected chi connectivity index (χ3v) is 4.96. The van der Waals surface area contributed by atoms with Crippen molar-refractivity contribution in [1.82, 2.24) is 20.4 Å². The summed E-state index contributed by atoms with van der Waals surface area (Å²) in [6, 6.07) is 7.46. The zero-order chi connectivity index (χ0) is 17.6.